The quantitative estimate of drug-likeness (QED) is 0.142. The molecule has 0 aliphatic carbocycles. The molecule has 1 amide bonds. The Kier molecular flexibility index (Phi) is 10.8. The van der Waals surface area contributed by atoms with Gasteiger partial charge < -0.3 is 36.2 Å². The number of aliphatic hydroxyl groups is 2. The average molecular weight is 572 g/mol. The SMILES string of the molecule is CC(C)N(C)C[C@H]1OC(n2cnc3c(N)nc(NCCNC(=O)CCCCCNS(C)(=O)=O)nc32)[C@H](O)[C@@H]1O. The van der Waals surface area contributed by atoms with Crippen molar-refractivity contribution >= 4 is 38.9 Å². The molecule has 1 unspecified atom stereocenters. The highest BCUT2D eigenvalue weighted by atomic mass is 32.2. The highest BCUT2D eigenvalue weighted by Crippen LogP contribution is 2.33. The third kappa shape index (κ3) is 8.68. The van der Waals surface area contributed by atoms with E-state index >= 15 is 0 Å². The number of imidazole rings is 1. The number of nitrogen functional groups attached to an aromatic ring is 1. The number of aromatic nitrogens is 4. The Bertz CT molecular complexity index is 1210. The van der Waals surface area contributed by atoms with Crippen molar-refractivity contribution in [2.24, 2.45) is 0 Å². The van der Waals surface area contributed by atoms with Crippen molar-refractivity contribution in [2.75, 3.05) is 50.5 Å². The molecule has 3 rings (SSSR count). The molecule has 1 aliphatic heterocycles. The summed E-state index contributed by atoms with van der Waals surface area (Å²) in [5.74, 6) is 0.253. The number of anilines is 2. The first-order valence-electron chi connectivity index (χ1n) is 13.0. The van der Waals surface area contributed by atoms with Gasteiger partial charge in [0.1, 0.15) is 23.8 Å². The number of carbonyl (C=O) groups excluding carboxylic acids is 1. The van der Waals surface area contributed by atoms with Gasteiger partial charge >= 0.3 is 0 Å². The van der Waals surface area contributed by atoms with Crippen LogP contribution in [0.25, 0.3) is 11.2 Å². The van der Waals surface area contributed by atoms with Crippen molar-refractivity contribution in [1.29, 1.82) is 0 Å². The Balaban J connectivity index is 1.51. The van der Waals surface area contributed by atoms with E-state index in [-0.39, 0.29) is 23.7 Å². The van der Waals surface area contributed by atoms with Crippen LogP contribution in [0.5, 0.6) is 0 Å². The predicted octanol–water partition coefficient (Wildman–Crippen LogP) is -0.994. The Morgan fingerprint density at radius 3 is 2.62 bits per heavy atom. The van der Waals surface area contributed by atoms with Gasteiger partial charge in [-0.15, -0.1) is 0 Å². The van der Waals surface area contributed by atoms with Crippen molar-refractivity contribution in [1.82, 2.24) is 34.5 Å². The van der Waals surface area contributed by atoms with Crippen LogP contribution in [0.2, 0.25) is 0 Å². The number of amides is 1. The van der Waals surface area contributed by atoms with Crippen molar-refractivity contribution in [3.63, 3.8) is 0 Å². The van der Waals surface area contributed by atoms with Crippen LogP contribution in [0.3, 0.4) is 0 Å². The van der Waals surface area contributed by atoms with Crippen LogP contribution in [-0.4, -0.2) is 113 Å². The minimum absolute atomic E-state index is 0.106. The molecule has 2 aromatic rings. The van der Waals surface area contributed by atoms with Crippen molar-refractivity contribution < 1.29 is 28.2 Å². The van der Waals surface area contributed by atoms with E-state index in [2.05, 4.69) is 30.3 Å². The molecule has 16 heteroatoms. The van der Waals surface area contributed by atoms with E-state index in [0.717, 1.165) is 12.7 Å². The second-order valence-electron chi connectivity index (χ2n) is 10.1. The predicted molar refractivity (Wildman–Crippen MR) is 146 cm³/mol. The molecule has 0 saturated carbocycles. The zero-order valence-electron chi connectivity index (χ0n) is 22.9. The van der Waals surface area contributed by atoms with E-state index in [9.17, 15) is 23.4 Å². The number of likely N-dealkylation sites (N-methyl/N-ethyl adjacent to an activating group) is 1. The summed E-state index contributed by atoms with van der Waals surface area (Å²) in [6.45, 7) is 5.53. The fourth-order valence-corrected chi connectivity index (χ4v) is 4.63. The summed E-state index contributed by atoms with van der Waals surface area (Å²) in [5, 5.41) is 27.1. The van der Waals surface area contributed by atoms with Gasteiger partial charge in [0.05, 0.1) is 12.6 Å². The molecule has 0 aromatic carbocycles. The van der Waals surface area contributed by atoms with Gasteiger partial charge in [0.15, 0.2) is 17.7 Å². The number of nitrogens with one attached hydrogen (secondary N) is 3. The topological polar surface area (TPSA) is 210 Å². The lowest BCUT2D eigenvalue weighted by molar-refractivity contribution is -0.121. The lowest BCUT2D eigenvalue weighted by Gasteiger charge is -2.25. The number of sulfonamides is 1. The fraction of sp³-hybridized carbons (Fsp3) is 0.739. The summed E-state index contributed by atoms with van der Waals surface area (Å²) >= 11 is 0. The summed E-state index contributed by atoms with van der Waals surface area (Å²) in [5.41, 5.74) is 6.77. The highest BCUT2D eigenvalue weighted by Gasteiger charge is 2.44. The number of unbranched alkanes of at least 4 members (excludes halogenated alkanes) is 2. The Labute approximate surface area is 228 Å². The largest absolute Gasteiger partial charge is 0.387 e. The fourth-order valence-electron chi connectivity index (χ4n) is 4.12. The Morgan fingerprint density at radius 2 is 1.92 bits per heavy atom. The smallest absolute Gasteiger partial charge is 0.226 e. The number of rotatable bonds is 15. The Hall–Kier alpha value is -2.63. The number of hydrogen-bond acceptors (Lipinski definition) is 12. The van der Waals surface area contributed by atoms with Crippen LogP contribution in [0.15, 0.2) is 6.33 Å². The average Bonchev–Trinajstić information content (AvgIpc) is 3.40. The summed E-state index contributed by atoms with van der Waals surface area (Å²) < 4.78 is 32.0. The van der Waals surface area contributed by atoms with Gasteiger partial charge in [-0.25, -0.2) is 18.1 Å². The van der Waals surface area contributed by atoms with E-state index in [1.54, 1.807) is 0 Å². The second-order valence-corrected chi connectivity index (χ2v) is 11.9. The normalized spacial score (nSPS) is 21.7. The zero-order chi connectivity index (χ0) is 28.7. The number of fused-ring (bicyclic) bond motifs is 1. The molecule has 220 valence electrons. The van der Waals surface area contributed by atoms with Crippen LogP contribution >= 0.6 is 0 Å². The summed E-state index contributed by atoms with van der Waals surface area (Å²) in [4.78, 5) is 27.0. The highest BCUT2D eigenvalue weighted by molar-refractivity contribution is 7.88. The number of nitrogens with two attached hydrogens (primary N) is 1. The van der Waals surface area contributed by atoms with E-state index < -0.39 is 34.6 Å². The van der Waals surface area contributed by atoms with Gasteiger partial charge in [-0.05, 0) is 33.7 Å². The van der Waals surface area contributed by atoms with Crippen LogP contribution in [0.4, 0.5) is 11.8 Å². The molecule has 4 atom stereocenters. The first kappa shape index (κ1) is 30.9. The summed E-state index contributed by atoms with van der Waals surface area (Å²) in [6, 6.07) is 0.244. The van der Waals surface area contributed by atoms with Gasteiger partial charge in [-0.2, -0.15) is 9.97 Å². The molecular weight excluding hydrogens is 530 g/mol. The van der Waals surface area contributed by atoms with E-state index in [0.29, 0.717) is 56.6 Å². The minimum Gasteiger partial charge on any atom is -0.387 e. The second kappa shape index (κ2) is 13.6. The van der Waals surface area contributed by atoms with Crippen LogP contribution in [-0.2, 0) is 19.6 Å². The van der Waals surface area contributed by atoms with Crippen molar-refractivity contribution in [2.45, 2.75) is 70.1 Å². The third-order valence-corrected chi connectivity index (χ3v) is 7.31. The molecule has 0 radical (unpaired) electrons. The summed E-state index contributed by atoms with van der Waals surface area (Å²) in [6.07, 6.45) is 1.19. The number of ether oxygens (including phenoxy) is 1. The Morgan fingerprint density at radius 1 is 1.18 bits per heavy atom. The summed E-state index contributed by atoms with van der Waals surface area (Å²) in [7, 11) is -1.27. The maximum atomic E-state index is 12.0. The molecule has 2 aromatic heterocycles. The van der Waals surface area contributed by atoms with Crippen LogP contribution in [0.1, 0.15) is 45.8 Å². The van der Waals surface area contributed by atoms with Crippen molar-refractivity contribution in [3.8, 4) is 0 Å². The first-order chi connectivity index (χ1) is 18.4. The first-order valence-corrected chi connectivity index (χ1v) is 14.9. The van der Waals surface area contributed by atoms with Crippen molar-refractivity contribution in [3.05, 3.63) is 6.33 Å². The number of carbonyl (C=O) groups is 1. The molecule has 15 nitrogen and oxygen atoms in total. The van der Waals surface area contributed by atoms with E-state index in [4.69, 9.17) is 10.5 Å². The molecule has 7 N–H and O–H groups in total. The zero-order valence-corrected chi connectivity index (χ0v) is 23.7. The molecule has 0 bridgehead atoms. The molecule has 3 heterocycles. The molecule has 1 aliphatic rings. The third-order valence-electron chi connectivity index (χ3n) is 6.58. The lowest BCUT2D eigenvalue weighted by Crippen LogP contribution is -2.40. The number of nitrogens with zero attached hydrogens (tertiary/aromatic N) is 5. The van der Waals surface area contributed by atoms with Gasteiger partial charge in [-0.1, -0.05) is 6.42 Å². The number of hydrogen-bond donors (Lipinski definition) is 6. The monoisotopic (exact) mass is 571 g/mol. The van der Waals surface area contributed by atoms with Crippen LogP contribution < -0.4 is 21.1 Å². The van der Waals surface area contributed by atoms with Gasteiger partial charge in [0.2, 0.25) is 21.9 Å². The molecule has 1 fully saturated rings. The lowest BCUT2D eigenvalue weighted by atomic mass is 10.1. The van der Waals surface area contributed by atoms with E-state index in [1.807, 2.05) is 25.8 Å². The van der Waals surface area contributed by atoms with Crippen LogP contribution in [0, 0.1) is 0 Å². The molecular formula is C23H41N9O6S. The maximum Gasteiger partial charge on any atom is 0.226 e. The molecule has 1 saturated heterocycles. The minimum atomic E-state index is -3.19. The molecule has 39 heavy (non-hydrogen) atoms. The number of aliphatic hydroxyl groups excluding tert-OH is 2. The molecule has 0 spiro atoms. The van der Waals surface area contributed by atoms with E-state index in [1.165, 1.54) is 10.9 Å². The van der Waals surface area contributed by atoms with Gasteiger partial charge in [0.25, 0.3) is 0 Å². The maximum absolute atomic E-state index is 12.0. The van der Waals surface area contributed by atoms with Gasteiger partial charge in [0, 0.05) is 38.6 Å². The standard InChI is InChI=1S/C23H41N9O6S/c1-14(2)31(3)12-15-18(34)19(35)22(38-15)32-13-27-17-20(24)29-23(30-21(17)32)26-11-10-25-16(33)8-6-5-7-9-28-39(4,36)37/h13-15,18-19,22,28,34-35H,5-12H2,1-4H3,(H,25,33)(H3,24,26,29,30)/t15-,18-,19-,22?/m1/s1. The van der Waals surface area contributed by atoms with Gasteiger partial charge in [-0.3, -0.25) is 9.36 Å².